The van der Waals surface area contributed by atoms with Gasteiger partial charge in [0.25, 0.3) is 11.8 Å². The summed E-state index contributed by atoms with van der Waals surface area (Å²) in [5.41, 5.74) is 10.1. The van der Waals surface area contributed by atoms with E-state index >= 15 is 0 Å². The van der Waals surface area contributed by atoms with Gasteiger partial charge in [-0.15, -0.1) is 0 Å². The number of phenolic OH excluding ortho intramolecular Hbond substituents is 1. The summed E-state index contributed by atoms with van der Waals surface area (Å²) in [5.74, 6) is -0.703. The first-order valence-corrected chi connectivity index (χ1v) is 21.4. The smallest absolute Gasteiger partial charge is 0.255 e. The zero-order valence-corrected chi connectivity index (χ0v) is 34.9. The van der Waals surface area contributed by atoms with Crippen LogP contribution in [0.5, 0.6) is 11.5 Å². The van der Waals surface area contributed by atoms with E-state index in [0.717, 1.165) is 31.2 Å². The Hall–Kier alpha value is -7.07. The van der Waals surface area contributed by atoms with E-state index in [1.54, 1.807) is 49.4 Å². The number of nitrogens with one attached hydrogen (secondary N) is 4. The number of benzene rings is 5. The number of phenols is 1. The minimum absolute atomic E-state index is 0.0513. The molecule has 0 bridgehead atoms. The molecule has 0 radical (unpaired) electrons. The molecule has 7 aromatic rings. The van der Waals surface area contributed by atoms with Gasteiger partial charge in [0.15, 0.2) is 0 Å². The molecular weight excluding hydrogens is 809 g/mol. The number of rotatable bonds is 17. The average molecular weight is 855 g/mol. The summed E-state index contributed by atoms with van der Waals surface area (Å²) >= 11 is 0. The summed E-state index contributed by atoms with van der Waals surface area (Å²) in [7, 11) is -2.63. The Bertz CT molecular complexity index is 2970. The van der Waals surface area contributed by atoms with Crippen molar-refractivity contribution in [2.45, 2.75) is 48.5 Å². The number of aryl methyl sites for hydroxylation is 2. The molecule has 5 aromatic carbocycles. The van der Waals surface area contributed by atoms with E-state index in [9.17, 15) is 33.0 Å². The average Bonchev–Trinajstić information content (AvgIpc) is 3.27. The maximum absolute atomic E-state index is 14.2. The Balaban J connectivity index is 0.950. The summed E-state index contributed by atoms with van der Waals surface area (Å²) in [4.78, 5) is 44.5. The molecule has 0 saturated carbocycles. The van der Waals surface area contributed by atoms with Crippen LogP contribution >= 0.6 is 0 Å². The highest BCUT2D eigenvalue weighted by Crippen LogP contribution is 2.35. The predicted molar refractivity (Wildman–Crippen MR) is 239 cm³/mol. The van der Waals surface area contributed by atoms with Crippen LogP contribution in [-0.4, -0.2) is 60.6 Å². The fraction of sp³-hybridized carbons (Fsp3) is 0.191. The lowest BCUT2D eigenvalue weighted by molar-refractivity contribution is 0.0998. The van der Waals surface area contributed by atoms with E-state index in [-0.39, 0.29) is 32.2 Å². The number of primary amides is 1. The number of H-pyrrole nitrogens is 1. The fourth-order valence-electron chi connectivity index (χ4n) is 7.32. The molecule has 2 amide bonds. The van der Waals surface area contributed by atoms with E-state index in [4.69, 9.17) is 10.5 Å². The number of aromatic amines is 1. The SMILES string of the molecule is COc1cccc(Nc2c(C(N)=O)cnc3c(C)cc(S(=O)(=O)c4cccc(C(=O)Nc5ccc(CCCCCNC[C@H](O)c6ccc(O)c7[nH]c(=O)ccc67)cc5)c4)cc23)c1. The largest absolute Gasteiger partial charge is 0.506 e. The Morgan fingerprint density at radius 2 is 1.66 bits per heavy atom. The standard InChI is InChI=1S/C47H46N6O8S/c1-28-22-35(25-38-43(28)50-26-39(46(48)57)44(38)51-32-10-7-11-33(24-32)61-2)62(59,60)34-12-6-9-30(23-34)47(58)52-31-15-13-29(14-16-31)8-4-3-5-21-49-27-41(55)36-17-19-40(54)45-37(36)18-20-42(56)53-45/h6-7,9-20,22-26,41,49,54-55H,3-5,8,21,27H2,1-2H3,(H2,48,57)(H,50,51)(H,52,58)(H,53,56)/t41-/m0/s1. The van der Waals surface area contributed by atoms with Crippen molar-refractivity contribution >= 4 is 60.5 Å². The first-order valence-electron chi connectivity index (χ1n) is 20.0. The highest BCUT2D eigenvalue weighted by molar-refractivity contribution is 7.91. The number of amides is 2. The van der Waals surface area contributed by atoms with Gasteiger partial charge < -0.3 is 41.6 Å². The van der Waals surface area contributed by atoms with Crippen LogP contribution in [0.3, 0.4) is 0 Å². The Labute approximate surface area is 357 Å². The van der Waals surface area contributed by atoms with Crippen molar-refractivity contribution < 1.29 is 33.0 Å². The first-order chi connectivity index (χ1) is 29.8. The van der Waals surface area contributed by atoms with E-state index < -0.39 is 27.8 Å². The van der Waals surface area contributed by atoms with Crippen LogP contribution in [0, 0.1) is 6.92 Å². The highest BCUT2D eigenvalue weighted by Gasteiger charge is 2.24. The molecule has 62 heavy (non-hydrogen) atoms. The van der Waals surface area contributed by atoms with Crippen molar-refractivity contribution in [3.05, 3.63) is 154 Å². The van der Waals surface area contributed by atoms with Gasteiger partial charge in [0, 0.05) is 52.6 Å². The number of ether oxygens (including phenoxy) is 1. The van der Waals surface area contributed by atoms with Gasteiger partial charge in [-0.05, 0) is 116 Å². The number of aromatic nitrogens is 2. The second-order valence-corrected chi connectivity index (χ2v) is 16.9. The number of anilines is 3. The molecule has 0 spiro atoms. The number of fused-ring (bicyclic) bond motifs is 2. The van der Waals surface area contributed by atoms with Crippen LogP contribution in [0.1, 0.15) is 62.8 Å². The van der Waals surface area contributed by atoms with Gasteiger partial charge >= 0.3 is 0 Å². The quantitative estimate of drug-likeness (QED) is 0.0459. The number of methoxy groups -OCH3 is 1. The number of hydrogen-bond donors (Lipinski definition) is 7. The number of nitrogens with two attached hydrogens (primary N) is 1. The molecule has 0 aliphatic heterocycles. The molecule has 2 aromatic heterocycles. The number of unbranched alkanes of at least 4 members (excludes halogenated alkanes) is 2. The zero-order chi connectivity index (χ0) is 44.0. The molecule has 14 nitrogen and oxygen atoms in total. The molecule has 15 heteroatoms. The molecule has 7 rings (SSSR count). The van der Waals surface area contributed by atoms with Crippen LogP contribution in [0.4, 0.5) is 17.1 Å². The third kappa shape index (κ3) is 9.60. The van der Waals surface area contributed by atoms with Crippen molar-refractivity contribution in [2.24, 2.45) is 5.73 Å². The monoisotopic (exact) mass is 854 g/mol. The fourth-order valence-corrected chi connectivity index (χ4v) is 8.74. The second kappa shape index (κ2) is 18.7. The van der Waals surface area contributed by atoms with E-state index in [1.165, 1.54) is 55.8 Å². The van der Waals surface area contributed by atoms with Crippen molar-refractivity contribution in [3.8, 4) is 11.5 Å². The van der Waals surface area contributed by atoms with Gasteiger partial charge in [0.2, 0.25) is 15.4 Å². The molecule has 0 fully saturated rings. The summed E-state index contributed by atoms with van der Waals surface area (Å²) in [6.45, 7) is 2.75. The number of pyridine rings is 2. The van der Waals surface area contributed by atoms with Gasteiger partial charge in [0.05, 0.1) is 45.3 Å². The molecule has 318 valence electrons. The number of nitrogens with zero attached hydrogens (tertiary/aromatic N) is 1. The van der Waals surface area contributed by atoms with Crippen LogP contribution in [-0.2, 0) is 16.3 Å². The minimum Gasteiger partial charge on any atom is -0.506 e. The number of hydrogen-bond acceptors (Lipinski definition) is 11. The Morgan fingerprint density at radius 1 is 0.871 bits per heavy atom. The number of aliphatic hydroxyl groups excluding tert-OH is 1. The topological polar surface area (TPSA) is 226 Å². The van der Waals surface area contributed by atoms with Crippen molar-refractivity contribution in [3.63, 3.8) is 0 Å². The molecular formula is C47H46N6O8S. The number of carbonyl (C=O) groups excluding carboxylic acids is 2. The number of aliphatic hydroxyl groups is 1. The third-order valence-corrected chi connectivity index (χ3v) is 12.3. The van der Waals surface area contributed by atoms with Gasteiger partial charge in [-0.3, -0.25) is 19.4 Å². The van der Waals surface area contributed by atoms with Crippen LogP contribution in [0.2, 0.25) is 0 Å². The van der Waals surface area contributed by atoms with Crippen LogP contribution < -0.4 is 32.0 Å². The molecule has 0 aliphatic carbocycles. The summed E-state index contributed by atoms with van der Waals surface area (Å²) in [6, 6.07) is 29.4. The predicted octanol–water partition coefficient (Wildman–Crippen LogP) is 7.06. The third-order valence-electron chi connectivity index (χ3n) is 10.6. The summed E-state index contributed by atoms with van der Waals surface area (Å²) in [6.07, 6.45) is 4.17. The van der Waals surface area contributed by atoms with Crippen LogP contribution in [0.15, 0.2) is 130 Å². The van der Waals surface area contributed by atoms with Gasteiger partial charge in [-0.1, -0.05) is 36.8 Å². The number of sulfone groups is 1. The van der Waals surface area contributed by atoms with Crippen molar-refractivity contribution in [1.82, 2.24) is 15.3 Å². The molecule has 0 saturated heterocycles. The Kier molecular flexibility index (Phi) is 13.0. The maximum atomic E-state index is 14.2. The van der Waals surface area contributed by atoms with E-state index in [1.807, 2.05) is 24.3 Å². The number of aromatic hydroxyl groups is 1. The van der Waals surface area contributed by atoms with Crippen molar-refractivity contribution in [2.75, 3.05) is 30.8 Å². The molecule has 8 N–H and O–H groups in total. The summed E-state index contributed by atoms with van der Waals surface area (Å²) in [5, 5.41) is 31.2. The minimum atomic E-state index is -4.17. The van der Waals surface area contributed by atoms with Gasteiger partial charge in [-0.25, -0.2) is 8.42 Å². The second-order valence-electron chi connectivity index (χ2n) is 14.9. The number of carbonyl (C=O) groups is 2. The normalized spacial score (nSPS) is 12.0. The highest BCUT2D eigenvalue weighted by atomic mass is 32.2. The lowest BCUT2D eigenvalue weighted by atomic mass is 10.0. The first kappa shape index (κ1) is 43.0. The molecule has 0 aliphatic rings. The molecule has 0 unspecified atom stereocenters. The zero-order valence-electron chi connectivity index (χ0n) is 34.1. The van der Waals surface area contributed by atoms with Crippen LogP contribution in [0.25, 0.3) is 21.8 Å². The molecule has 2 heterocycles. The van der Waals surface area contributed by atoms with E-state index in [0.29, 0.717) is 68.8 Å². The summed E-state index contributed by atoms with van der Waals surface area (Å²) < 4.78 is 33.7. The van der Waals surface area contributed by atoms with Crippen molar-refractivity contribution in [1.29, 1.82) is 0 Å². The van der Waals surface area contributed by atoms with Gasteiger partial charge in [-0.2, -0.15) is 0 Å². The van der Waals surface area contributed by atoms with Gasteiger partial charge in [0.1, 0.15) is 11.5 Å². The lowest BCUT2D eigenvalue weighted by Crippen LogP contribution is -2.22. The van der Waals surface area contributed by atoms with E-state index in [2.05, 4.69) is 25.9 Å². The lowest BCUT2D eigenvalue weighted by Gasteiger charge is -2.16. The maximum Gasteiger partial charge on any atom is 0.255 e. The Morgan fingerprint density at radius 3 is 2.44 bits per heavy atom. The molecule has 1 atom stereocenters.